The second-order valence-corrected chi connectivity index (χ2v) is 11.9. The summed E-state index contributed by atoms with van der Waals surface area (Å²) >= 11 is 0. The number of aromatic nitrogens is 4. The summed E-state index contributed by atoms with van der Waals surface area (Å²) in [5.74, 6) is 3.04. The van der Waals surface area contributed by atoms with Gasteiger partial charge in [-0.05, 0) is 100 Å². The molecule has 0 fully saturated rings. The third-order valence-corrected chi connectivity index (χ3v) is 8.56. The van der Waals surface area contributed by atoms with Gasteiger partial charge in [0.25, 0.3) is 0 Å². The molecule has 0 aliphatic rings. The molecule has 224 valence electrons. The number of para-hydroxylation sites is 1. The second-order valence-electron chi connectivity index (χ2n) is 11.9. The van der Waals surface area contributed by atoms with Crippen molar-refractivity contribution in [3.63, 3.8) is 0 Å². The molecular weight excluding hydrogens is 556 g/mol. The van der Waals surface area contributed by atoms with E-state index in [1.54, 1.807) is 13.3 Å². The van der Waals surface area contributed by atoms with Crippen molar-refractivity contribution >= 4 is 21.8 Å². The van der Waals surface area contributed by atoms with Gasteiger partial charge in [0.2, 0.25) is 0 Å². The largest absolute Gasteiger partial charge is 0.497 e. The van der Waals surface area contributed by atoms with E-state index < -0.39 is 0 Å². The molecule has 0 unspecified atom stereocenters. The Bertz CT molecular complexity index is 2230. The number of benzene rings is 4. The molecule has 0 saturated carbocycles. The van der Waals surface area contributed by atoms with Crippen molar-refractivity contribution in [1.29, 1.82) is 0 Å². The highest BCUT2D eigenvalue weighted by Gasteiger charge is 2.19. The van der Waals surface area contributed by atoms with Gasteiger partial charge in [-0.15, -0.1) is 0 Å². The summed E-state index contributed by atoms with van der Waals surface area (Å²) < 4.78 is 16.3. The topological polar surface area (TPSA) is 54.1 Å². The Morgan fingerprint density at radius 2 is 1.36 bits per heavy atom. The number of hydrogen-bond acceptors (Lipinski definition) is 4. The first-order chi connectivity index (χ1) is 21.7. The maximum Gasteiger partial charge on any atom is 0.141 e. The number of fused-ring (bicyclic) bond motifs is 3. The molecule has 0 radical (unpaired) electrons. The van der Waals surface area contributed by atoms with Crippen LogP contribution in [0.15, 0.2) is 91.1 Å². The van der Waals surface area contributed by atoms with E-state index in [1.165, 1.54) is 27.8 Å². The van der Waals surface area contributed by atoms with E-state index >= 15 is 0 Å². The van der Waals surface area contributed by atoms with Gasteiger partial charge in [0, 0.05) is 46.4 Å². The Balaban J connectivity index is 1.31. The van der Waals surface area contributed by atoms with Crippen LogP contribution >= 0.6 is 0 Å². The molecule has 0 bridgehead atoms. The van der Waals surface area contributed by atoms with E-state index in [2.05, 4.69) is 118 Å². The molecule has 0 aliphatic heterocycles. The fraction of sp³-hybridized carbons (Fsp3) is 0.179. The van der Waals surface area contributed by atoms with Crippen LogP contribution in [0.4, 0.5) is 0 Å². The number of ether oxygens (including phenoxy) is 2. The third-order valence-electron chi connectivity index (χ3n) is 8.56. The zero-order chi connectivity index (χ0) is 31.4. The molecule has 0 aliphatic carbocycles. The number of nitrogens with zero attached hydrogens (tertiary/aromatic N) is 4. The Kier molecular flexibility index (Phi) is 6.93. The number of hydrogen-bond donors (Lipinski definition) is 0. The Morgan fingerprint density at radius 3 is 2.13 bits per heavy atom. The molecule has 7 aromatic rings. The van der Waals surface area contributed by atoms with Crippen molar-refractivity contribution in [2.75, 3.05) is 7.11 Å². The first-order valence-electron chi connectivity index (χ1n) is 15.2. The van der Waals surface area contributed by atoms with Crippen LogP contribution in [-0.2, 0) is 0 Å². The molecule has 0 amide bonds. The fourth-order valence-corrected chi connectivity index (χ4v) is 6.79. The SMILES string of the molecule is COc1ccnc(-n2c3ccccc3c3ccc(Oc4cc(C)cc(-n5nc(C)c(-c6c(C)cc(C)cc6C)c5C)c4)cc32)c1. The van der Waals surface area contributed by atoms with Crippen LogP contribution in [0.5, 0.6) is 17.2 Å². The quantitative estimate of drug-likeness (QED) is 0.193. The molecule has 6 nitrogen and oxygen atoms in total. The lowest BCUT2D eigenvalue weighted by atomic mass is 9.92. The molecule has 0 N–H and O–H groups in total. The van der Waals surface area contributed by atoms with Crippen LogP contribution in [0, 0.1) is 41.5 Å². The maximum absolute atomic E-state index is 6.57. The number of rotatable bonds is 6. The first-order valence-corrected chi connectivity index (χ1v) is 15.2. The van der Waals surface area contributed by atoms with Crippen LogP contribution in [0.2, 0.25) is 0 Å². The predicted octanol–water partition coefficient (Wildman–Crippen LogP) is 9.68. The number of aryl methyl sites for hydroxylation is 5. The summed E-state index contributed by atoms with van der Waals surface area (Å²) in [4.78, 5) is 4.69. The molecule has 0 atom stereocenters. The van der Waals surface area contributed by atoms with Gasteiger partial charge in [-0.25, -0.2) is 9.67 Å². The van der Waals surface area contributed by atoms with E-state index in [1.807, 2.05) is 22.9 Å². The summed E-state index contributed by atoms with van der Waals surface area (Å²) in [5.41, 5.74) is 12.5. The molecule has 0 spiro atoms. The van der Waals surface area contributed by atoms with Gasteiger partial charge < -0.3 is 9.47 Å². The highest BCUT2D eigenvalue weighted by atomic mass is 16.5. The van der Waals surface area contributed by atoms with Crippen LogP contribution < -0.4 is 9.47 Å². The number of pyridine rings is 1. The second kappa shape index (κ2) is 11.0. The average Bonchev–Trinajstić information content (AvgIpc) is 3.49. The standard InChI is InChI=1S/C39H36N4O2/c1-23-16-25(3)38(26(4)17-23)39-27(5)41-43(28(39)6)29-18-24(2)19-32(20-29)45-31-12-13-34-33-10-8-9-11-35(33)42(36(34)21-31)37-22-30(44-7)14-15-40-37/h8-22H,1-7H3. The van der Waals surface area contributed by atoms with Crippen molar-refractivity contribution in [3.05, 3.63) is 125 Å². The minimum absolute atomic E-state index is 0.742. The van der Waals surface area contributed by atoms with E-state index in [4.69, 9.17) is 14.6 Å². The minimum Gasteiger partial charge on any atom is -0.497 e. The van der Waals surface area contributed by atoms with Crippen molar-refractivity contribution in [3.8, 4) is 39.9 Å². The molecule has 3 heterocycles. The fourth-order valence-electron chi connectivity index (χ4n) is 6.79. The van der Waals surface area contributed by atoms with E-state index in [-0.39, 0.29) is 0 Å². The van der Waals surface area contributed by atoms with Crippen LogP contribution in [0.25, 0.3) is 44.4 Å². The smallest absolute Gasteiger partial charge is 0.141 e. The highest BCUT2D eigenvalue weighted by Crippen LogP contribution is 2.37. The Morgan fingerprint density at radius 1 is 0.622 bits per heavy atom. The lowest BCUT2D eigenvalue weighted by Gasteiger charge is -2.14. The Labute approximate surface area is 263 Å². The zero-order valence-electron chi connectivity index (χ0n) is 26.8. The molecular formula is C39H36N4O2. The third kappa shape index (κ3) is 4.92. The van der Waals surface area contributed by atoms with Gasteiger partial charge in [0.05, 0.1) is 29.5 Å². The van der Waals surface area contributed by atoms with Gasteiger partial charge >= 0.3 is 0 Å². The lowest BCUT2D eigenvalue weighted by molar-refractivity contribution is 0.414. The zero-order valence-corrected chi connectivity index (χ0v) is 26.8. The molecule has 45 heavy (non-hydrogen) atoms. The van der Waals surface area contributed by atoms with Gasteiger partial charge in [0.1, 0.15) is 23.1 Å². The summed E-state index contributed by atoms with van der Waals surface area (Å²) in [7, 11) is 1.67. The van der Waals surface area contributed by atoms with Crippen LogP contribution in [0.3, 0.4) is 0 Å². The van der Waals surface area contributed by atoms with E-state index in [9.17, 15) is 0 Å². The first kappa shape index (κ1) is 28.4. The van der Waals surface area contributed by atoms with Crippen LogP contribution in [0.1, 0.15) is 33.6 Å². The van der Waals surface area contributed by atoms with Gasteiger partial charge in [-0.2, -0.15) is 5.10 Å². The van der Waals surface area contributed by atoms with E-state index in [0.717, 1.165) is 67.5 Å². The van der Waals surface area contributed by atoms with Crippen molar-refractivity contribution in [2.45, 2.75) is 41.5 Å². The molecule has 3 aromatic heterocycles. The number of methoxy groups -OCH3 is 1. The maximum atomic E-state index is 6.57. The van der Waals surface area contributed by atoms with Crippen LogP contribution in [-0.4, -0.2) is 26.4 Å². The van der Waals surface area contributed by atoms with Gasteiger partial charge in [-0.1, -0.05) is 35.9 Å². The minimum atomic E-state index is 0.742. The molecule has 6 heteroatoms. The van der Waals surface area contributed by atoms with Crippen molar-refractivity contribution in [2.24, 2.45) is 0 Å². The summed E-state index contributed by atoms with van der Waals surface area (Å²) in [6.45, 7) is 12.9. The van der Waals surface area contributed by atoms with Gasteiger partial charge in [-0.3, -0.25) is 4.57 Å². The van der Waals surface area contributed by atoms with E-state index in [0.29, 0.717) is 0 Å². The molecule has 0 saturated heterocycles. The molecule has 4 aromatic carbocycles. The lowest BCUT2D eigenvalue weighted by Crippen LogP contribution is -2.01. The predicted molar refractivity (Wildman–Crippen MR) is 183 cm³/mol. The normalized spacial score (nSPS) is 11.4. The highest BCUT2D eigenvalue weighted by molar-refractivity contribution is 6.09. The Hall–Kier alpha value is -5.36. The average molecular weight is 593 g/mol. The van der Waals surface area contributed by atoms with Crippen molar-refractivity contribution in [1.82, 2.24) is 19.3 Å². The van der Waals surface area contributed by atoms with Crippen molar-refractivity contribution < 1.29 is 9.47 Å². The monoisotopic (exact) mass is 592 g/mol. The summed E-state index contributed by atoms with van der Waals surface area (Å²) in [6, 6.07) is 29.2. The molecule has 7 rings (SSSR count). The summed E-state index contributed by atoms with van der Waals surface area (Å²) in [6.07, 6.45) is 1.77. The summed E-state index contributed by atoms with van der Waals surface area (Å²) in [5, 5.41) is 7.30. The van der Waals surface area contributed by atoms with Gasteiger partial charge in [0.15, 0.2) is 0 Å².